The summed E-state index contributed by atoms with van der Waals surface area (Å²) in [5, 5.41) is 3.66. The van der Waals surface area contributed by atoms with E-state index < -0.39 is 0 Å². The van der Waals surface area contributed by atoms with Gasteiger partial charge in [-0.05, 0) is 14.0 Å². The standard InChI is InChI=1S/C6H13N3/c1-5-3-6(8-7)4-9(5)2/h5H,3-4,7H2,1-2H3/b8-6+. The molecule has 52 valence electrons. The molecule has 1 rings (SSSR count). The summed E-state index contributed by atoms with van der Waals surface area (Å²) in [5.74, 6) is 5.12. The van der Waals surface area contributed by atoms with Crippen LogP contribution in [-0.4, -0.2) is 30.2 Å². The van der Waals surface area contributed by atoms with Gasteiger partial charge < -0.3 is 5.84 Å². The first kappa shape index (κ1) is 6.55. The second-order valence-corrected chi connectivity index (χ2v) is 2.66. The van der Waals surface area contributed by atoms with E-state index in [1.807, 2.05) is 0 Å². The Balaban J connectivity index is 2.54. The van der Waals surface area contributed by atoms with E-state index in [0.29, 0.717) is 6.04 Å². The maximum absolute atomic E-state index is 5.12. The third-order valence-corrected chi connectivity index (χ3v) is 1.90. The van der Waals surface area contributed by atoms with Crippen LogP contribution in [0.15, 0.2) is 5.10 Å². The molecule has 0 aromatic carbocycles. The average molecular weight is 127 g/mol. The van der Waals surface area contributed by atoms with Gasteiger partial charge in [-0.2, -0.15) is 5.10 Å². The summed E-state index contributed by atoms with van der Waals surface area (Å²) in [6.07, 6.45) is 1.03. The van der Waals surface area contributed by atoms with Crippen molar-refractivity contribution in [2.45, 2.75) is 19.4 Å². The molecule has 1 heterocycles. The van der Waals surface area contributed by atoms with Crippen molar-refractivity contribution >= 4 is 5.71 Å². The van der Waals surface area contributed by atoms with Gasteiger partial charge in [0, 0.05) is 19.0 Å². The summed E-state index contributed by atoms with van der Waals surface area (Å²) in [4.78, 5) is 2.24. The molecular formula is C6H13N3. The fourth-order valence-corrected chi connectivity index (χ4v) is 1.10. The van der Waals surface area contributed by atoms with Crippen molar-refractivity contribution in [2.75, 3.05) is 13.6 Å². The number of hydrogen-bond acceptors (Lipinski definition) is 3. The second kappa shape index (κ2) is 2.35. The Kier molecular flexibility index (Phi) is 1.71. The van der Waals surface area contributed by atoms with Crippen molar-refractivity contribution < 1.29 is 0 Å². The predicted octanol–water partition coefficient (Wildman–Crippen LogP) is 0.0251. The molecule has 9 heavy (non-hydrogen) atoms. The molecule has 0 amide bonds. The Morgan fingerprint density at radius 3 is 2.67 bits per heavy atom. The molecule has 2 N–H and O–H groups in total. The van der Waals surface area contributed by atoms with Gasteiger partial charge in [0.2, 0.25) is 0 Å². The Bertz CT molecular complexity index is 118. The highest BCUT2D eigenvalue weighted by Gasteiger charge is 2.21. The summed E-state index contributed by atoms with van der Waals surface area (Å²) in [5.41, 5.74) is 1.12. The van der Waals surface area contributed by atoms with Crippen molar-refractivity contribution in [3.63, 3.8) is 0 Å². The van der Waals surface area contributed by atoms with Crippen molar-refractivity contribution in [3.05, 3.63) is 0 Å². The van der Waals surface area contributed by atoms with Crippen molar-refractivity contribution in [1.82, 2.24) is 4.90 Å². The van der Waals surface area contributed by atoms with Gasteiger partial charge >= 0.3 is 0 Å². The van der Waals surface area contributed by atoms with Crippen molar-refractivity contribution in [1.29, 1.82) is 0 Å². The topological polar surface area (TPSA) is 41.6 Å². The van der Waals surface area contributed by atoms with Gasteiger partial charge in [0.1, 0.15) is 0 Å². The van der Waals surface area contributed by atoms with Gasteiger partial charge in [-0.3, -0.25) is 4.90 Å². The Morgan fingerprint density at radius 2 is 2.44 bits per heavy atom. The largest absolute Gasteiger partial charge is 0.323 e. The Morgan fingerprint density at radius 1 is 1.78 bits per heavy atom. The van der Waals surface area contributed by atoms with Gasteiger partial charge in [-0.15, -0.1) is 0 Å². The van der Waals surface area contributed by atoms with Crippen LogP contribution in [0.2, 0.25) is 0 Å². The van der Waals surface area contributed by atoms with Crippen LogP contribution in [0.5, 0.6) is 0 Å². The van der Waals surface area contributed by atoms with Crippen molar-refractivity contribution in [2.24, 2.45) is 10.9 Å². The molecule has 1 aliphatic heterocycles. The van der Waals surface area contributed by atoms with E-state index in [4.69, 9.17) is 5.84 Å². The van der Waals surface area contributed by atoms with Crippen LogP contribution in [0.25, 0.3) is 0 Å². The first-order valence-corrected chi connectivity index (χ1v) is 3.20. The molecule has 1 fully saturated rings. The molecule has 0 aliphatic carbocycles. The number of nitrogens with zero attached hydrogens (tertiary/aromatic N) is 2. The molecule has 1 saturated heterocycles. The fraction of sp³-hybridized carbons (Fsp3) is 0.833. The minimum atomic E-state index is 0.618. The van der Waals surface area contributed by atoms with E-state index >= 15 is 0 Å². The number of hydrogen-bond donors (Lipinski definition) is 1. The van der Waals surface area contributed by atoms with Gasteiger partial charge in [-0.25, -0.2) is 0 Å². The maximum atomic E-state index is 5.12. The lowest BCUT2D eigenvalue weighted by Crippen LogP contribution is -2.21. The zero-order valence-electron chi connectivity index (χ0n) is 5.96. The number of nitrogens with two attached hydrogens (primary N) is 1. The smallest absolute Gasteiger partial charge is 0.0531 e. The van der Waals surface area contributed by atoms with Gasteiger partial charge in [0.25, 0.3) is 0 Å². The number of likely N-dealkylation sites (tertiary alicyclic amines) is 1. The highest BCUT2D eigenvalue weighted by atomic mass is 15.2. The van der Waals surface area contributed by atoms with Crippen LogP contribution in [0.4, 0.5) is 0 Å². The second-order valence-electron chi connectivity index (χ2n) is 2.66. The van der Waals surface area contributed by atoms with E-state index in [9.17, 15) is 0 Å². The highest BCUT2D eigenvalue weighted by molar-refractivity contribution is 5.88. The summed E-state index contributed by atoms with van der Waals surface area (Å²) in [6, 6.07) is 0.618. The van der Waals surface area contributed by atoms with E-state index in [1.54, 1.807) is 0 Å². The normalized spacial score (nSPS) is 34.0. The van der Waals surface area contributed by atoms with Crippen LogP contribution in [0.1, 0.15) is 13.3 Å². The van der Waals surface area contributed by atoms with Crippen LogP contribution >= 0.6 is 0 Å². The van der Waals surface area contributed by atoms with E-state index in [0.717, 1.165) is 18.7 Å². The lowest BCUT2D eigenvalue weighted by Gasteiger charge is -2.11. The molecule has 0 spiro atoms. The Labute approximate surface area is 55.5 Å². The lowest BCUT2D eigenvalue weighted by molar-refractivity contribution is 0.334. The minimum absolute atomic E-state index is 0.618. The van der Waals surface area contributed by atoms with Crippen LogP contribution in [0.3, 0.4) is 0 Å². The SMILES string of the molecule is CC1C/C(=N\N)CN1C. The predicted molar refractivity (Wildman–Crippen MR) is 38.3 cm³/mol. The van der Waals surface area contributed by atoms with Gasteiger partial charge in [0.15, 0.2) is 0 Å². The molecule has 1 atom stereocenters. The quantitative estimate of drug-likeness (QED) is 0.368. The molecular weight excluding hydrogens is 114 g/mol. The molecule has 0 saturated carbocycles. The minimum Gasteiger partial charge on any atom is -0.323 e. The summed E-state index contributed by atoms with van der Waals surface area (Å²) in [7, 11) is 2.09. The zero-order chi connectivity index (χ0) is 6.85. The Hall–Kier alpha value is -0.570. The van der Waals surface area contributed by atoms with E-state index in [2.05, 4.69) is 24.0 Å². The highest BCUT2D eigenvalue weighted by Crippen LogP contribution is 2.10. The lowest BCUT2D eigenvalue weighted by atomic mass is 10.2. The first-order valence-electron chi connectivity index (χ1n) is 3.20. The first-order chi connectivity index (χ1) is 4.24. The van der Waals surface area contributed by atoms with Crippen LogP contribution < -0.4 is 5.84 Å². The molecule has 1 unspecified atom stereocenters. The average Bonchev–Trinajstić information content (AvgIpc) is 2.13. The number of hydrazone groups is 1. The zero-order valence-corrected chi connectivity index (χ0v) is 5.96. The summed E-state index contributed by atoms with van der Waals surface area (Å²) < 4.78 is 0. The molecule has 3 heteroatoms. The third kappa shape index (κ3) is 1.21. The van der Waals surface area contributed by atoms with Gasteiger partial charge in [0.05, 0.1) is 5.71 Å². The van der Waals surface area contributed by atoms with E-state index in [-0.39, 0.29) is 0 Å². The van der Waals surface area contributed by atoms with Crippen molar-refractivity contribution in [3.8, 4) is 0 Å². The maximum Gasteiger partial charge on any atom is 0.0531 e. The number of rotatable bonds is 0. The summed E-state index contributed by atoms with van der Waals surface area (Å²) >= 11 is 0. The molecule has 0 aromatic heterocycles. The van der Waals surface area contributed by atoms with E-state index in [1.165, 1.54) is 0 Å². The monoisotopic (exact) mass is 127 g/mol. The fourth-order valence-electron chi connectivity index (χ4n) is 1.10. The molecule has 0 aromatic rings. The molecule has 0 bridgehead atoms. The molecule has 1 aliphatic rings. The molecule has 0 radical (unpaired) electrons. The third-order valence-electron chi connectivity index (χ3n) is 1.90. The molecule has 3 nitrogen and oxygen atoms in total. The van der Waals surface area contributed by atoms with Crippen LogP contribution in [-0.2, 0) is 0 Å². The summed E-state index contributed by atoms with van der Waals surface area (Å²) in [6.45, 7) is 3.12. The van der Waals surface area contributed by atoms with Gasteiger partial charge in [-0.1, -0.05) is 0 Å². The van der Waals surface area contributed by atoms with Crippen LogP contribution in [0, 0.1) is 0 Å².